The molecule has 0 radical (unpaired) electrons. The molecule has 0 aromatic heterocycles. The second-order valence-electron chi connectivity index (χ2n) is 3.14. The third kappa shape index (κ3) is 4.13. The Balaban J connectivity index is 3.64. The van der Waals surface area contributed by atoms with Crippen LogP contribution in [0.3, 0.4) is 0 Å². The van der Waals surface area contributed by atoms with E-state index in [2.05, 4.69) is 11.9 Å². The highest BCUT2D eigenvalue weighted by molar-refractivity contribution is 5.81. The van der Waals surface area contributed by atoms with Gasteiger partial charge in [-0.25, -0.2) is 0 Å². The van der Waals surface area contributed by atoms with Crippen LogP contribution in [0.5, 0.6) is 0 Å². The van der Waals surface area contributed by atoms with E-state index in [0.717, 1.165) is 6.42 Å². The molecule has 0 saturated heterocycles. The Morgan fingerprint density at radius 1 is 1.67 bits per heavy atom. The Labute approximate surface area is 74.0 Å². The van der Waals surface area contributed by atoms with Gasteiger partial charge in [-0.1, -0.05) is 19.9 Å². The van der Waals surface area contributed by atoms with Crippen molar-refractivity contribution in [3.63, 3.8) is 0 Å². The highest BCUT2D eigenvalue weighted by Gasteiger charge is 2.15. The van der Waals surface area contributed by atoms with Crippen LogP contribution in [0, 0.1) is 5.92 Å². The molecule has 0 bridgehead atoms. The summed E-state index contributed by atoms with van der Waals surface area (Å²) >= 11 is 0. The van der Waals surface area contributed by atoms with Gasteiger partial charge in [-0.15, -0.1) is 6.58 Å². The maximum Gasteiger partial charge on any atom is 0.237 e. The van der Waals surface area contributed by atoms with E-state index < -0.39 is 6.04 Å². The fraction of sp³-hybridized carbons (Fsp3) is 0.667. The zero-order chi connectivity index (χ0) is 9.56. The van der Waals surface area contributed by atoms with Gasteiger partial charge >= 0.3 is 0 Å². The van der Waals surface area contributed by atoms with Crippen molar-refractivity contribution in [1.29, 1.82) is 0 Å². The lowest BCUT2D eigenvalue weighted by molar-refractivity contribution is -0.123. The Kier molecular flexibility index (Phi) is 5.37. The molecule has 0 saturated carbocycles. The number of carbonyl (C=O) groups excluding carboxylic acids is 1. The fourth-order valence-electron chi connectivity index (χ4n) is 0.718. The lowest BCUT2D eigenvalue weighted by Gasteiger charge is -2.14. The minimum Gasteiger partial charge on any atom is -0.354 e. The van der Waals surface area contributed by atoms with Gasteiger partial charge < -0.3 is 11.1 Å². The van der Waals surface area contributed by atoms with E-state index in [1.165, 1.54) is 0 Å². The maximum absolute atomic E-state index is 11.2. The van der Waals surface area contributed by atoms with Crippen molar-refractivity contribution in [3.8, 4) is 0 Å². The van der Waals surface area contributed by atoms with Crippen molar-refractivity contribution in [3.05, 3.63) is 12.7 Å². The average molecular weight is 170 g/mol. The summed E-state index contributed by atoms with van der Waals surface area (Å²) in [6.45, 7) is 8.04. The molecule has 3 nitrogen and oxygen atoms in total. The van der Waals surface area contributed by atoms with E-state index in [1.807, 2.05) is 13.8 Å². The van der Waals surface area contributed by atoms with E-state index in [4.69, 9.17) is 5.73 Å². The Morgan fingerprint density at radius 2 is 2.25 bits per heavy atom. The monoisotopic (exact) mass is 170 g/mol. The van der Waals surface area contributed by atoms with Crippen LogP contribution in [0.1, 0.15) is 20.3 Å². The molecule has 0 aromatic rings. The van der Waals surface area contributed by atoms with Crippen LogP contribution in [0.25, 0.3) is 0 Å². The number of amides is 1. The summed E-state index contributed by atoms with van der Waals surface area (Å²) in [5, 5.41) is 2.73. The zero-order valence-corrected chi connectivity index (χ0v) is 7.84. The standard InChI is InChI=1S/C9H18N2O/c1-4-5-6-11-9(12)8(10)7(2)3/h4,7-8H,1,5-6,10H2,2-3H3,(H,11,12)/t8-/m0/s1. The molecule has 0 aliphatic carbocycles. The SMILES string of the molecule is C=CCCNC(=O)[C@@H](N)C(C)C. The van der Waals surface area contributed by atoms with Gasteiger partial charge in [0.15, 0.2) is 0 Å². The molecular weight excluding hydrogens is 152 g/mol. The number of carbonyl (C=O) groups is 1. The predicted octanol–water partition coefficient (Wildman–Crippen LogP) is 0.662. The smallest absolute Gasteiger partial charge is 0.237 e. The molecule has 0 heterocycles. The van der Waals surface area contributed by atoms with Crippen LogP contribution < -0.4 is 11.1 Å². The molecule has 70 valence electrons. The summed E-state index contributed by atoms with van der Waals surface area (Å²) in [6.07, 6.45) is 2.55. The third-order valence-electron chi connectivity index (χ3n) is 1.67. The quantitative estimate of drug-likeness (QED) is 0.470. The Morgan fingerprint density at radius 3 is 2.67 bits per heavy atom. The molecule has 1 atom stereocenters. The van der Waals surface area contributed by atoms with E-state index in [9.17, 15) is 4.79 Å². The average Bonchev–Trinajstić information content (AvgIpc) is 2.03. The summed E-state index contributed by atoms with van der Waals surface area (Å²) in [5.74, 6) is 0.112. The number of rotatable bonds is 5. The fourth-order valence-corrected chi connectivity index (χ4v) is 0.718. The molecule has 3 N–H and O–H groups in total. The largest absolute Gasteiger partial charge is 0.354 e. The lowest BCUT2D eigenvalue weighted by Crippen LogP contribution is -2.44. The first-order valence-corrected chi connectivity index (χ1v) is 4.23. The molecule has 0 aliphatic rings. The van der Waals surface area contributed by atoms with E-state index in [-0.39, 0.29) is 11.8 Å². The minimum atomic E-state index is -0.394. The van der Waals surface area contributed by atoms with Crippen molar-refractivity contribution >= 4 is 5.91 Å². The van der Waals surface area contributed by atoms with E-state index in [0.29, 0.717) is 6.54 Å². The summed E-state index contributed by atoms with van der Waals surface area (Å²) < 4.78 is 0. The molecule has 1 amide bonds. The summed E-state index contributed by atoms with van der Waals surface area (Å²) in [6, 6.07) is -0.394. The van der Waals surface area contributed by atoms with Crippen LogP contribution in [-0.4, -0.2) is 18.5 Å². The normalized spacial score (nSPS) is 12.7. The van der Waals surface area contributed by atoms with Crippen LogP contribution in [0.15, 0.2) is 12.7 Å². The van der Waals surface area contributed by atoms with Gasteiger partial charge in [0.1, 0.15) is 0 Å². The summed E-state index contributed by atoms with van der Waals surface area (Å²) in [5.41, 5.74) is 5.60. The number of nitrogens with one attached hydrogen (secondary N) is 1. The maximum atomic E-state index is 11.2. The van der Waals surface area contributed by atoms with Crippen molar-refractivity contribution in [2.45, 2.75) is 26.3 Å². The Bertz CT molecular complexity index is 155. The Hall–Kier alpha value is -0.830. The minimum absolute atomic E-state index is 0.0770. The van der Waals surface area contributed by atoms with Gasteiger partial charge in [-0.3, -0.25) is 4.79 Å². The van der Waals surface area contributed by atoms with E-state index >= 15 is 0 Å². The van der Waals surface area contributed by atoms with E-state index in [1.54, 1.807) is 6.08 Å². The molecule has 0 unspecified atom stereocenters. The van der Waals surface area contributed by atoms with Crippen LogP contribution in [0.2, 0.25) is 0 Å². The van der Waals surface area contributed by atoms with Crippen molar-refractivity contribution in [1.82, 2.24) is 5.32 Å². The van der Waals surface area contributed by atoms with Gasteiger partial charge in [-0.05, 0) is 12.3 Å². The number of hydrogen-bond acceptors (Lipinski definition) is 2. The molecule has 0 spiro atoms. The van der Waals surface area contributed by atoms with Gasteiger partial charge in [0, 0.05) is 6.54 Å². The van der Waals surface area contributed by atoms with Crippen molar-refractivity contribution < 1.29 is 4.79 Å². The molecule has 3 heteroatoms. The third-order valence-corrected chi connectivity index (χ3v) is 1.67. The van der Waals surface area contributed by atoms with Crippen LogP contribution in [-0.2, 0) is 4.79 Å². The first-order chi connectivity index (χ1) is 5.59. The first kappa shape index (κ1) is 11.2. The van der Waals surface area contributed by atoms with Crippen LogP contribution >= 0.6 is 0 Å². The molecular formula is C9H18N2O. The van der Waals surface area contributed by atoms with Gasteiger partial charge in [0.2, 0.25) is 5.91 Å². The van der Waals surface area contributed by atoms with Gasteiger partial charge in [0.05, 0.1) is 6.04 Å². The topological polar surface area (TPSA) is 55.1 Å². The molecule has 12 heavy (non-hydrogen) atoms. The van der Waals surface area contributed by atoms with Crippen LogP contribution in [0.4, 0.5) is 0 Å². The zero-order valence-electron chi connectivity index (χ0n) is 7.84. The predicted molar refractivity (Wildman–Crippen MR) is 50.6 cm³/mol. The van der Waals surface area contributed by atoms with Gasteiger partial charge in [-0.2, -0.15) is 0 Å². The summed E-state index contributed by atoms with van der Waals surface area (Å²) in [4.78, 5) is 11.2. The van der Waals surface area contributed by atoms with Crippen molar-refractivity contribution in [2.24, 2.45) is 11.7 Å². The second-order valence-corrected chi connectivity index (χ2v) is 3.14. The van der Waals surface area contributed by atoms with Gasteiger partial charge in [0.25, 0.3) is 0 Å². The summed E-state index contributed by atoms with van der Waals surface area (Å²) in [7, 11) is 0. The molecule has 0 rings (SSSR count). The highest BCUT2D eigenvalue weighted by Crippen LogP contribution is 1.97. The number of nitrogens with two attached hydrogens (primary N) is 1. The molecule has 0 aromatic carbocycles. The number of hydrogen-bond donors (Lipinski definition) is 2. The van der Waals surface area contributed by atoms with Crippen molar-refractivity contribution in [2.75, 3.05) is 6.54 Å². The molecule has 0 aliphatic heterocycles. The molecule has 0 fully saturated rings. The first-order valence-electron chi connectivity index (χ1n) is 4.23. The highest BCUT2D eigenvalue weighted by atomic mass is 16.2. The second kappa shape index (κ2) is 5.77. The lowest BCUT2D eigenvalue weighted by atomic mass is 10.1.